The molecule has 1 aliphatic carbocycles. The molecule has 148 valence electrons. The van der Waals surface area contributed by atoms with Crippen LogP contribution < -0.4 is 15.4 Å². The van der Waals surface area contributed by atoms with Crippen LogP contribution in [0.1, 0.15) is 47.3 Å². The molecule has 7 heteroatoms. The van der Waals surface area contributed by atoms with Crippen LogP contribution in [0.3, 0.4) is 0 Å². The molecule has 0 saturated heterocycles. The molecule has 1 fully saturated rings. The smallest absolute Gasteiger partial charge is 0.335 e. The summed E-state index contributed by atoms with van der Waals surface area (Å²) in [6.07, 6.45) is 2.28. The van der Waals surface area contributed by atoms with Gasteiger partial charge in [-0.2, -0.15) is 0 Å². The maximum atomic E-state index is 14.2. The molecule has 1 aliphatic rings. The number of aromatic carboxylic acids is 1. The van der Waals surface area contributed by atoms with E-state index in [4.69, 9.17) is 9.84 Å². The van der Waals surface area contributed by atoms with Crippen molar-refractivity contribution in [2.24, 2.45) is 5.92 Å². The van der Waals surface area contributed by atoms with Crippen molar-refractivity contribution in [1.29, 1.82) is 0 Å². The SMILES string of the molecule is CC(NC(=O)NCc1ccc(C(=O)O)cc1)c1ccc(OCC2CC2)c(F)c1. The molecular weight excluding hydrogens is 363 g/mol. The van der Waals surface area contributed by atoms with Crippen LogP contribution in [0.4, 0.5) is 9.18 Å². The zero-order chi connectivity index (χ0) is 20.1. The number of carboxylic acids is 1. The molecule has 3 rings (SSSR count). The largest absolute Gasteiger partial charge is 0.490 e. The lowest BCUT2D eigenvalue weighted by molar-refractivity contribution is 0.0697. The van der Waals surface area contributed by atoms with Crippen molar-refractivity contribution < 1.29 is 23.8 Å². The first-order chi connectivity index (χ1) is 13.4. The zero-order valence-electron chi connectivity index (χ0n) is 15.6. The average molecular weight is 386 g/mol. The lowest BCUT2D eigenvalue weighted by Crippen LogP contribution is -2.36. The summed E-state index contributed by atoms with van der Waals surface area (Å²) in [6.45, 7) is 2.56. The van der Waals surface area contributed by atoms with E-state index < -0.39 is 17.8 Å². The Morgan fingerprint density at radius 2 is 1.93 bits per heavy atom. The van der Waals surface area contributed by atoms with Gasteiger partial charge >= 0.3 is 12.0 Å². The van der Waals surface area contributed by atoms with Crippen LogP contribution in [0.2, 0.25) is 0 Å². The van der Waals surface area contributed by atoms with Gasteiger partial charge in [0.2, 0.25) is 0 Å². The molecule has 2 aromatic rings. The van der Waals surface area contributed by atoms with Crippen LogP contribution in [-0.4, -0.2) is 23.7 Å². The van der Waals surface area contributed by atoms with E-state index in [9.17, 15) is 14.0 Å². The summed E-state index contributed by atoms with van der Waals surface area (Å²) < 4.78 is 19.7. The number of rotatable bonds is 8. The fourth-order valence-electron chi connectivity index (χ4n) is 2.67. The number of amides is 2. The summed E-state index contributed by atoms with van der Waals surface area (Å²) in [5.74, 6) is -0.659. The van der Waals surface area contributed by atoms with E-state index in [0.717, 1.165) is 18.4 Å². The first-order valence-corrected chi connectivity index (χ1v) is 9.21. The van der Waals surface area contributed by atoms with Crippen LogP contribution >= 0.6 is 0 Å². The van der Waals surface area contributed by atoms with E-state index in [1.165, 1.54) is 18.2 Å². The van der Waals surface area contributed by atoms with Gasteiger partial charge < -0.3 is 20.5 Å². The predicted molar refractivity (Wildman–Crippen MR) is 102 cm³/mol. The normalized spacial score (nSPS) is 14.2. The summed E-state index contributed by atoms with van der Waals surface area (Å²) in [5, 5.41) is 14.3. The molecule has 2 amide bonds. The Morgan fingerprint density at radius 1 is 1.21 bits per heavy atom. The quantitative estimate of drug-likeness (QED) is 0.643. The molecule has 6 nitrogen and oxygen atoms in total. The van der Waals surface area contributed by atoms with Crippen molar-refractivity contribution in [2.75, 3.05) is 6.61 Å². The number of carboxylic acid groups (broad SMARTS) is 1. The fraction of sp³-hybridized carbons (Fsp3) is 0.333. The van der Waals surface area contributed by atoms with E-state index in [1.54, 1.807) is 31.2 Å². The van der Waals surface area contributed by atoms with Crippen LogP contribution in [0, 0.1) is 11.7 Å². The number of carbonyl (C=O) groups excluding carboxylic acids is 1. The lowest BCUT2D eigenvalue weighted by atomic mass is 10.1. The van der Waals surface area contributed by atoms with E-state index in [0.29, 0.717) is 18.1 Å². The van der Waals surface area contributed by atoms with Gasteiger partial charge in [0, 0.05) is 6.54 Å². The van der Waals surface area contributed by atoms with Gasteiger partial charge in [-0.3, -0.25) is 0 Å². The summed E-state index contributed by atoms with van der Waals surface area (Å²) >= 11 is 0. The van der Waals surface area contributed by atoms with Gasteiger partial charge in [0.05, 0.1) is 18.2 Å². The second kappa shape index (κ2) is 8.73. The Balaban J connectivity index is 1.49. The van der Waals surface area contributed by atoms with E-state index in [2.05, 4.69) is 10.6 Å². The highest BCUT2D eigenvalue weighted by atomic mass is 19.1. The molecule has 3 N–H and O–H groups in total. The first kappa shape index (κ1) is 19.7. The van der Waals surface area contributed by atoms with Gasteiger partial charge in [0.1, 0.15) is 0 Å². The highest BCUT2D eigenvalue weighted by Gasteiger charge is 2.22. The monoisotopic (exact) mass is 386 g/mol. The third-order valence-electron chi connectivity index (χ3n) is 4.63. The Morgan fingerprint density at radius 3 is 2.54 bits per heavy atom. The number of hydrogen-bond donors (Lipinski definition) is 3. The molecule has 0 spiro atoms. The van der Waals surface area contributed by atoms with E-state index >= 15 is 0 Å². The third kappa shape index (κ3) is 5.45. The zero-order valence-corrected chi connectivity index (χ0v) is 15.6. The van der Waals surface area contributed by atoms with Crippen molar-refractivity contribution in [3.8, 4) is 5.75 Å². The summed E-state index contributed by atoms with van der Waals surface area (Å²) in [5.41, 5.74) is 1.60. The molecular formula is C21H23FN2O4. The number of urea groups is 1. The van der Waals surface area contributed by atoms with Crippen molar-refractivity contribution in [2.45, 2.75) is 32.4 Å². The van der Waals surface area contributed by atoms with E-state index in [-0.39, 0.29) is 23.9 Å². The van der Waals surface area contributed by atoms with Crippen LogP contribution in [0.25, 0.3) is 0 Å². The molecule has 0 aliphatic heterocycles. The van der Waals surface area contributed by atoms with Gasteiger partial charge in [-0.1, -0.05) is 18.2 Å². The van der Waals surface area contributed by atoms with E-state index in [1.807, 2.05) is 0 Å². The molecule has 1 saturated carbocycles. The predicted octanol–water partition coefficient (Wildman–Crippen LogP) is 3.87. The molecule has 0 radical (unpaired) electrons. The highest BCUT2D eigenvalue weighted by Crippen LogP contribution is 2.30. The van der Waals surface area contributed by atoms with Crippen molar-refractivity contribution >= 4 is 12.0 Å². The second-order valence-electron chi connectivity index (χ2n) is 7.00. The molecule has 1 atom stereocenters. The Labute approximate surface area is 162 Å². The van der Waals surface area contributed by atoms with Gasteiger partial charge in [-0.25, -0.2) is 14.0 Å². The minimum absolute atomic E-state index is 0.188. The molecule has 28 heavy (non-hydrogen) atoms. The topological polar surface area (TPSA) is 87.7 Å². The number of halogens is 1. The highest BCUT2D eigenvalue weighted by molar-refractivity contribution is 5.87. The lowest BCUT2D eigenvalue weighted by Gasteiger charge is -2.16. The van der Waals surface area contributed by atoms with Crippen LogP contribution in [-0.2, 0) is 6.54 Å². The fourth-order valence-corrected chi connectivity index (χ4v) is 2.67. The maximum Gasteiger partial charge on any atom is 0.335 e. The minimum atomic E-state index is -0.998. The van der Waals surface area contributed by atoms with Crippen molar-refractivity contribution in [1.82, 2.24) is 10.6 Å². The number of carbonyl (C=O) groups is 2. The Kier molecular flexibility index (Phi) is 6.13. The second-order valence-corrected chi connectivity index (χ2v) is 7.00. The molecule has 0 aromatic heterocycles. The molecule has 2 aromatic carbocycles. The van der Waals surface area contributed by atoms with Gasteiger partial charge in [0.15, 0.2) is 11.6 Å². The number of benzene rings is 2. The van der Waals surface area contributed by atoms with Crippen LogP contribution in [0.15, 0.2) is 42.5 Å². The van der Waals surface area contributed by atoms with Gasteiger partial charge in [-0.15, -0.1) is 0 Å². The average Bonchev–Trinajstić information content (AvgIpc) is 3.50. The standard InChI is InChI=1S/C21H23FN2O4/c1-13(17-8-9-19(18(22)10-17)28-12-15-2-3-15)24-21(27)23-11-14-4-6-16(7-5-14)20(25)26/h4-10,13,15H,2-3,11-12H2,1H3,(H,25,26)(H2,23,24,27). The summed E-state index contributed by atoms with van der Waals surface area (Å²) in [7, 11) is 0. The van der Waals surface area contributed by atoms with Crippen molar-refractivity contribution in [3.63, 3.8) is 0 Å². The number of nitrogens with one attached hydrogen (secondary N) is 2. The Hall–Kier alpha value is -3.09. The van der Waals surface area contributed by atoms with Gasteiger partial charge in [0.25, 0.3) is 0 Å². The first-order valence-electron chi connectivity index (χ1n) is 9.21. The summed E-state index contributed by atoms with van der Waals surface area (Å²) in [4.78, 5) is 22.9. The minimum Gasteiger partial charge on any atom is -0.490 e. The molecule has 0 heterocycles. The number of hydrogen-bond acceptors (Lipinski definition) is 3. The molecule has 1 unspecified atom stereocenters. The molecule has 0 bridgehead atoms. The maximum absolute atomic E-state index is 14.2. The Bertz CT molecular complexity index is 850. The van der Waals surface area contributed by atoms with Crippen molar-refractivity contribution in [3.05, 3.63) is 65.0 Å². The van der Waals surface area contributed by atoms with Crippen LogP contribution in [0.5, 0.6) is 5.75 Å². The number of ether oxygens (including phenoxy) is 1. The summed E-state index contributed by atoms with van der Waals surface area (Å²) in [6, 6.07) is 10.2. The van der Waals surface area contributed by atoms with Gasteiger partial charge in [-0.05, 0) is 61.1 Å². The third-order valence-corrected chi connectivity index (χ3v) is 4.63.